The molecular weight excluding hydrogens is 472 g/mol. The highest BCUT2D eigenvalue weighted by atomic mass is 16.5. The fraction of sp³-hybridized carbons (Fsp3) is 0.407. The molecule has 4 heterocycles. The highest BCUT2D eigenvalue weighted by Gasteiger charge is 2.22. The first kappa shape index (κ1) is 24.9. The van der Waals surface area contributed by atoms with Crippen molar-refractivity contribution in [2.24, 2.45) is 7.05 Å². The zero-order valence-electron chi connectivity index (χ0n) is 21.6. The Kier molecular flexibility index (Phi) is 6.70. The number of aryl methyl sites for hydroxylation is 3. The van der Waals surface area contributed by atoms with Crippen molar-refractivity contribution in [1.82, 2.24) is 19.5 Å². The van der Waals surface area contributed by atoms with Crippen molar-refractivity contribution >= 4 is 28.3 Å². The van der Waals surface area contributed by atoms with Crippen molar-refractivity contribution in [2.45, 2.75) is 39.2 Å². The molecule has 4 aromatic rings. The van der Waals surface area contributed by atoms with E-state index in [-0.39, 0.29) is 11.6 Å². The van der Waals surface area contributed by atoms with Gasteiger partial charge < -0.3 is 29.0 Å². The number of oxazole rings is 1. The molecule has 10 heteroatoms. The number of fused-ring (bicyclic) bond motifs is 1. The second kappa shape index (κ2) is 9.95. The molecule has 0 unspecified atom stereocenters. The van der Waals surface area contributed by atoms with E-state index in [1.165, 1.54) is 6.26 Å². The molecule has 1 aliphatic heterocycles. The third-order valence-corrected chi connectivity index (χ3v) is 6.53. The van der Waals surface area contributed by atoms with Gasteiger partial charge in [-0.2, -0.15) is 0 Å². The van der Waals surface area contributed by atoms with Crippen LogP contribution in [0.2, 0.25) is 0 Å². The van der Waals surface area contributed by atoms with Crippen molar-refractivity contribution in [3.8, 4) is 11.5 Å². The first-order valence-corrected chi connectivity index (χ1v) is 12.4. The maximum atomic E-state index is 13.3. The summed E-state index contributed by atoms with van der Waals surface area (Å²) in [6, 6.07) is 7.61. The molecule has 0 spiro atoms. The Balaban J connectivity index is 1.47. The molecule has 1 fully saturated rings. The largest absolute Gasteiger partial charge is 0.444 e. The zero-order chi connectivity index (χ0) is 26.2. The van der Waals surface area contributed by atoms with Crippen LogP contribution < -0.4 is 10.2 Å². The van der Waals surface area contributed by atoms with Crippen molar-refractivity contribution < 1.29 is 19.1 Å². The van der Waals surface area contributed by atoms with E-state index in [0.717, 1.165) is 33.8 Å². The summed E-state index contributed by atoms with van der Waals surface area (Å²) in [7, 11) is 1.95. The number of rotatable bonds is 7. The number of carbonyl (C=O) groups is 1. The number of morpholine rings is 1. The first-order valence-electron chi connectivity index (χ1n) is 12.4. The number of amides is 1. The third kappa shape index (κ3) is 5.50. The highest BCUT2D eigenvalue weighted by molar-refractivity contribution is 6.06. The first-order chi connectivity index (χ1) is 17.7. The van der Waals surface area contributed by atoms with Gasteiger partial charge in [-0.1, -0.05) is 0 Å². The monoisotopic (exact) mass is 504 g/mol. The van der Waals surface area contributed by atoms with Gasteiger partial charge in [0, 0.05) is 44.0 Å². The van der Waals surface area contributed by atoms with Crippen LogP contribution in [0.5, 0.6) is 0 Å². The third-order valence-electron chi connectivity index (χ3n) is 6.53. The number of carbonyl (C=O) groups excluding carboxylic acids is 1. The highest BCUT2D eigenvalue weighted by Crippen LogP contribution is 2.33. The summed E-state index contributed by atoms with van der Waals surface area (Å²) in [5, 5.41) is 13.2. The molecule has 1 aliphatic rings. The normalized spacial score (nSPS) is 14.4. The van der Waals surface area contributed by atoms with E-state index in [2.05, 4.69) is 20.2 Å². The molecule has 5 rings (SSSR count). The number of nitrogens with zero attached hydrogens (tertiary/aromatic N) is 5. The molecule has 37 heavy (non-hydrogen) atoms. The Hall–Kier alpha value is -3.76. The van der Waals surface area contributed by atoms with Gasteiger partial charge >= 0.3 is 0 Å². The Labute approximate surface area is 215 Å². The smallest absolute Gasteiger partial charge is 0.277 e. The molecular formula is C27H32N6O4. The Bertz CT molecular complexity index is 1430. The number of aromatic nitrogens is 4. The lowest BCUT2D eigenvalue weighted by atomic mass is 10.0. The van der Waals surface area contributed by atoms with E-state index in [0.29, 0.717) is 50.7 Å². The van der Waals surface area contributed by atoms with E-state index in [4.69, 9.17) is 14.1 Å². The summed E-state index contributed by atoms with van der Waals surface area (Å²) in [6.07, 6.45) is 4.28. The molecule has 0 radical (unpaired) electrons. The lowest BCUT2D eigenvalue weighted by Gasteiger charge is -2.30. The summed E-state index contributed by atoms with van der Waals surface area (Å²) in [4.78, 5) is 28.9. The molecule has 0 atom stereocenters. The van der Waals surface area contributed by atoms with Gasteiger partial charge in [-0.05, 0) is 51.5 Å². The summed E-state index contributed by atoms with van der Waals surface area (Å²) in [5.41, 5.74) is 4.29. The lowest BCUT2D eigenvalue weighted by molar-refractivity contribution is 0.0706. The summed E-state index contributed by atoms with van der Waals surface area (Å²) in [6.45, 7) is 8.13. The van der Waals surface area contributed by atoms with Crippen molar-refractivity contribution in [3.05, 3.63) is 53.9 Å². The number of pyridine rings is 1. The van der Waals surface area contributed by atoms with E-state index >= 15 is 0 Å². The summed E-state index contributed by atoms with van der Waals surface area (Å²) in [5.74, 6) is 0.879. The summed E-state index contributed by atoms with van der Waals surface area (Å²) < 4.78 is 13.2. The Morgan fingerprint density at radius 1 is 1.19 bits per heavy atom. The van der Waals surface area contributed by atoms with Gasteiger partial charge in [0.15, 0.2) is 5.69 Å². The fourth-order valence-corrected chi connectivity index (χ4v) is 4.46. The van der Waals surface area contributed by atoms with Gasteiger partial charge in [-0.3, -0.25) is 9.78 Å². The second-order valence-corrected chi connectivity index (χ2v) is 10.0. The number of benzene rings is 1. The molecule has 1 aromatic carbocycles. The molecule has 0 saturated carbocycles. The van der Waals surface area contributed by atoms with E-state index in [1.807, 2.05) is 36.7 Å². The maximum Gasteiger partial charge on any atom is 0.277 e. The minimum Gasteiger partial charge on any atom is -0.444 e. The van der Waals surface area contributed by atoms with Crippen molar-refractivity contribution in [2.75, 3.05) is 36.5 Å². The van der Waals surface area contributed by atoms with Crippen LogP contribution in [0.4, 0.5) is 11.4 Å². The van der Waals surface area contributed by atoms with E-state index in [9.17, 15) is 9.90 Å². The Morgan fingerprint density at radius 3 is 2.70 bits per heavy atom. The molecule has 2 N–H and O–H groups in total. The number of ether oxygens (including phenoxy) is 1. The minimum atomic E-state index is -0.776. The van der Waals surface area contributed by atoms with Gasteiger partial charge in [0.25, 0.3) is 5.91 Å². The van der Waals surface area contributed by atoms with Gasteiger partial charge in [0.2, 0.25) is 5.89 Å². The second-order valence-electron chi connectivity index (χ2n) is 10.0. The van der Waals surface area contributed by atoms with Crippen LogP contribution in [0.25, 0.3) is 22.5 Å². The van der Waals surface area contributed by atoms with Crippen molar-refractivity contribution in [1.29, 1.82) is 0 Å². The number of nitrogens with one attached hydrogen (secondary N) is 1. The van der Waals surface area contributed by atoms with Gasteiger partial charge in [-0.25, -0.2) is 9.97 Å². The summed E-state index contributed by atoms with van der Waals surface area (Å²) >= 11 is 0. The minimum absolute atomic E-state index is 0.188. The van der Waals surface area contributed by atoms with Crippen molar-refractivity contribution in [3.63, 3.8) is 0 Å². The molecule has 0 aliphatic carbocycles. The lowest BCUT2D eigenvalue weighted by Crippen LogP contribution is -2.36. The van der Waals surface area contributed by atoms with Crippen LogP contribution in [0.3, 0.4) is 0 Å². The van der Waals surface area contributed by atoms with Crippen LogP contribution in [-0.4, -0.2) is 62.4 Å². The Morgan fingerprint density at radius 2 is 1.97 bits per heavy atom. The van der Waals surface area contributed by atoms with Gasteiger partial charge in [0.1, 0.15) is 12.1 Å². The average molecular weight is 505 g/mol. The number of hydrogen-bond donors (Lipinski definition) is 2. The molecule has 1 saturated heterocycles. The van der Waals surface area contributed by atoms with Crippen LogP contribution in [0, 0.1) is 6.92 Å². The number of anilines is 2. The average Bonchev–Trinajstić information content (AvgIpc) is 3.48. The standard InChI is InChI=1S/C27H32N6O4/c1-17-13-18(6-8-28-17)26-31-21(16-37-26)25(34)30-20-14-22-19(15-23(20)33-9-11-36-12-10-33)29-24(32(22)4)5-7-27(2,3)35/h6,8,13-16,35H,5,7,9-12H2,1-4H3,(H,30,34). The molecule has 194 valence electrons. The van der Waals surface area contributed by atoms with Crippen LogP contribution in [-0.2, 0) is 18.2 Å². The number of aliphatic hydroxyl groups is 1. The number of hydrogen-bond acceptors (Lipinski definition) is 8. The SMILES string of the molecule is Cc1cc(-c2nc(C(=O)Nc3cc4c(cc3N3CCOCC3)nc(CCC(C)(C)O)n4C)co2)ccn1. The van der Waals surface area contributed by atoms with E-state index in [1.54, 1.807) is 26.1 Å². The predicted molar refractivity (Wildman–Crippen MR) is 141 cm³/mol. The molecule has 1 amide bonds. The predicted octanol–water partition coefficient (Wildman–Crippen LogP) is 3.72. The zero-order valence-corrected chi connectivity index (χ0v) is 21.6. The quantitative estimate of drug-likeness (QED) is 0.391. The van der Waals surface area contributed by atoms with Crippen LogP contribution in [0.15, 0.2) is 41.1 Å². The maximum absolute atomic E-state index is 13.3. The molecule has 0 bridgehead atoms. The number of imidazole rings is 1. The topological polar surface area (TPSA) is 119 Å². The fourth-order valence-electron chi connectivity index (χ4n) is 4.46. The molecule has 10 nitrogen and oxygen atoms in total. The van der Waals surface area contributed by atoms with Crippen LogP contribution >= 0.6 is 0 Å². The van der Waals surface area contributed by atoms with Gasteiger partial charge in [0.05, 0.1) is 41.2 Å². The van der Waals surface area contributed by atoms with Crippen LogP contribution in [0.1, 0.15) is 42.3 Å². The van der Waals surface area contributed by atoms with E-state index < -0.39 is 5.60 Å². The molecule has 3 aromatic heterocycles. The van der Waals surface area contributed by atoms with Gasteiger partial charge in [-0.15, -0.1) is 0 Å².